The van der Waals surface area contributed by atoms with Crippen LogP contribution in [0.25, 0.3) is 0 Å². The summed E-state index contributed by atoms with van der Waals surface area (Å²) in [6.45, 7) is 4.30. The second-order valence-corrected chi connectivity index (χ2v) is 6.27. The first kappa shape index (κ1) is 17.3. The number of carbonyl (C=O) groups excluding carboxylic acids is 1. The molecule has 1 atom stereocenters. The van der Waals surface area contributed by atoms with Crippen molar-refractivity contribution in [3.8, 4) is 0 Å². The highest BCUT2D eigenvalue weighted by Gasteiger charge is 2.26. The van der Waals surface area contributed by atoms with Crippen LogP contribution in [0.15, 0.2) is 42.7 Å². The number of carbonyl (C=O) groups is 1. The van der Waals surface area contributed by atoms with Gasteiger partial charge in [0.1, 0.15) is 0 Å². The maximum atomic E-state index is 12.2. The number of piperazine rings is 1. The molecule has 3 N–H and O–H groups in total. The molecule has 1 saturated heterocycles. The van der Waals surface area contributed by atoms with E-state index >= 15 is 0 Å². The van der Waals surface area contributed by atoms with Crippen LogP contribution in [-0.2, 0) is 0 Å². The average Bonchev–Trinajstić information content (AvgIpc) is 2.64. The van der Waals surface area contributed by atoms with E-state index in [2.05, 4.69) is 56.4 Å². The average molecular weight is 340 g/mol. The molecule has 1 amide bonds. The molecule has 132 valence electrons. The van der Waals surface area contributed by atoms with Gasteiger partial charge < -0.3 is 16.0 Å². The fourth-order valence-corrected chi connectivity index (χ4v) is 3.14. The van der Waals surface area contributed by atoms with Crippen LogP contribution in [-0.4, -0.2) is 65.4 Å². The number of nitrogens with zero attached hydrogens (tertiary/aromatic N) is 4. The van der Waals surface area contributed by atoms with Gasteiger partial charge in [-0.1, -0.05) is 30.3 Å². The normalized spacial score (nSPS) is 18.8. The molecular formula is C18H24N6O. The van der Waals surface area contributed by atoms with Crippen molar-refractivity contribution in [2.75, 3.05) is 45.5 Å². The molecule has 1 aliphatic rings. The third-order valence-electron chi connectivity index (χ3n) is 4.50. The Morgan fingerprint density at radius 3 is 2.76 bits per heavy atom. The van der Waals surface area contributed by atoms with E-state index < -0.39 is 0 Å². The highest BCUT2D eigenvalue weighted by Crippen LogP contribution is 2.24. The number of nitrogen functional groups attached to an aromatic ring is 1. The maximum Gasteiger partial charge on any atom is 0.273 e. The molecule has 3 rings (SSSR count). The second kappa shape index (κ2) is 8.04. The molecule has 2 heterocycles. The van der Waals surface area contributed by atoms with Gasteiger partial charge in [-0.2, -0.15) is 0 Å². The highest BCUT2D eigenvalue weighted by molar-refractivity contribution is 5.96. The van der Waals surface area contributed by atoms with E-state index in [1.54, 1.807) is 0 Å². The van der Waals surface area contributed by atoms with Crippen LogP contribution >= 0.6 is 0 Å². The number of rotatable bonds is 5. The van der Waals surface area contributed by atoms with Gasteiger partial charge in [0.05, 0.1) is 0 Å². The van der Waals surface area contributed by atoms with Gasteiger partial charge in [-0.25, -0.2) is 9.97 Å². The lowest BCUT2D eigenvalue weighted by Crippen LogP contribution is -2.49. The van der Waals surface area contributed by atoms with Crippen LogP contribution < -0.4 is 11.1 Å². The molecule has 0 spiro atoms. The van der Waals surface area contributed by atoms with E-state index in [1.807, 2.05) is 6.07 Å². The van der Waals surface area contributed by atoms with Crippen LogP contribution in [0.2, 0.25) is 0 Å². The summed E-state index contributed by atoms with van der Waals surface area (Å²) in [6.07, 6.45) is 2.94. The fourth-order valence-electron chi connectivity index (χ4n) is 3.14. The Hall–Kier alpha value is -2.51. The molecule has 1 fully saturated rings. The van der Waals surface area contributed by atoms with Crippen molar-refractivity contribution in [3.05, 3.63) is 54.0 Å². The van der Waals surface area contributed by atoms with Crippen LogP contribution in [0.4, 0.5) is 5.82 Å². The smallest absolute Gasteiger partial charge is 0.273 e. The molecule has 1 aromatic carbocycles. The van der Waals surface area contributed by atoms with Crippen molar-refractivity contribution in [2.24, 2.45) is 0 Å². The van der Waals surface area contributed by atoms with Crippen molar-refractivity contribution in [1.82, 2.24) is 25.1 Å². The molecule has 2 aromatic rings. The van der Waals surface area contributed by atoms with Gasteiger partial charge in [-0.15, -0.1) is 0 Å². The molecular weight excluding hydrogens is 316 g/mol. The van der Waals surface area contributed by atoms with Gasteiger partial charge in [0.2, 0.25) is 0 Å². The summed E-state index contributed by atoms with van der Waals surface area (Å²) < 4.78 is 0. The van der Waals surface area contributed by atoms with E-state index in [4.69, 9.17) is 5.73 Å². The second-order valence-electron chi connectivity index (χ2n) is 6.27. The van der Waals surface area contributed by atoms with Crippen molar-refractivity contribution in [2.45, 2.75) is 6.04 Å². The molecule has 7 heteroatoms. The summed E-state index contributed by atoms with van der Waals surface area (Å²) in [5.74, 6) is -0.127. The Balaban J connectivity index is 1.59. The van der Waals surface area contributed by atoms with Gasteiger partial charge >= 0.3 is 0 Å². The standard InChI is InChI=1S/C18H24N6O/c1-23-11-12-24(15(13-23)14-5-3-2-4-6-14)10-9-22-18(25)16-17(19)21-8-7-20-16/h2-8,15H,9-13H2,1H3,(H2,19,21)(H,22,25)/t15-/m1/s1. The van der Waals surface area contributed by atoms with E-state index in [9.17, 15) is 4.79 Å². The monoisotopic (exact) mass is 340 g/mol. The van der Waals surface area contributed by atoms with E-state index in [-0.39, 0.29) is 17.4 Å². The number of likely N-dealkylation sites (N-methyl/N-ethyl adjacent to an activating group) is 1. The first-order chi connectivity index (χ1) is 12.1. The third-order valence-corrected chi connectivity index (χ3v) is 4.50. The summed E-state index contributed by atoms with van der Waals surface area (Å²) in [6, 6.07) is 10.8. The van der Waals surface area contributed by atoms with Crippen LogP contribution in [0.3, 0.4) is 0 Å². The van der Waals surface area contributed by atoms with E-state index in [1.165, 1.54) is 18.0 Å². The van der Waals surface area contributed by atoms with Crippen LogP contribution in [0, 0.1) is 0 Å². The molecule has 0 aliphatic carbocycles. The number of amides is 1. The topological polar surface area (TPSA) is 87.4 Å². The molecule has 0 saturated carbocycles. The molecule has 7 nitrogen and oxygen atoms in total. The summed E-state index contributed by atoms with van der Waals surface area (Å²) in [5, 5.41) is 2.89. The zero-order chi connectivity index (χ0) is 17.6. The SMILES string of the molecule is CN1CCN(CCNC(=O)c2nccnc2N)[C@@H](c2ccccc2)C1. The van der Waals surface area contributed by atoms with Crippen LogP contribution in [0.5, 0.6) is 0 Å². The summed E-state index contributed by atoms with van der Waals surface area (Å²) >= 11 is 0. The quantitative estimate of drug-likeness (QED) is 0.836. The van der Waals surface area contributed by atoms with Gasteiger partial charge in [0, 0.05) is 51.2 Å². The number of nitrogens with two attached hydrogens (primary N) is 1. The first-order valence-electron chi connectivity index (χ1n) is 8.47. The van der Waals surface area contributed by atoms with Gasteiger partial charge in [0.25, 0.3) is 5.91 Å². The van der Waals surface area contributed by atoms with Crippen molar-refractivity contribution in [1.29, 1.82) is 0 Å². The Labute approximate surface area is 147 Å². The van der Waals surface area contributed by atoms with Crippen molar-refractivity contribution in [3.63, 3.8) is 0 Å². The highest BCUT2D eigenvalue weighted by atomic mass is 16.1. The summed E-state index contributed by atoms with van der Waals surface area (Å²) in [7, 11) is 2.14. The minimum Gasteiger partial charge on any atom is -0.382 e. The number of nitrogens with one attached hydrogen (secondary N) is 1. The molecule has 0 unspecified atom stereocenters. The number of hydrogen-bond acceptors (Lipinski definition) is 6. The minimum atomic E-state index is -0.281. The van der Waals surface area contributed by atoms with Gasteiger partial charge in [-0.3, -0.25) is 9.69 Å². The summed E-state index contributed by atoms with van der Waals surface area (Å²) in [5.41, 5.74) is 7.18. The third kappa shape index (κ3) is 4.32. The Kier molecular flexibility index (Phi) is 5.57. The lowest BCUT2D eigenvalue weighted by Gasteiger charge is -2.40. The lowest BCUT2D eigenvalue weighted by atomic mass is 10.0. The molecule has 0 bridgehead atoms. The number of hydrogen-bond donors (Lipinski definition) is 2. The Morgan fingerprint density at radius 2 is 2.00 bits per heavy atom. The van der Waals surface area contributed by atoms with Crippen LogP contribution in [0.1, 0.15) is 22.1 Å². The molecule has 1 aliphatic heterocycles. The minimum absolute atomic E-state index is 0.154. The predicted octanol–water partition coefficient (Wildman–Crippen LogP) is 0.777. The Morgan fingerprint density at radius 1 is 1.24 bits per heavy atom. The first-order valence-corrected chi connectivity index (χ1v) is 8.47. The van der Waals surface area contributed by atoms with Gasteiger partial charge in [-0.05, 0) is 12.6 Å². The zero-order valence-electron chi connectivity index (χ0n) is 14.4. The number of benzene rings is 1. The summed E-state index contributed by atoms with van der Waals surface area (Å²) in [4.78, 5) is 24.8. The zero-order valence-corrected chi connectivity index (χ0v) is 14.4. The fraction of sp³-hybridized carbons (Fsp3) is 0.389. The van der Waals surface area contributed by atoms with Crippen molar-refractivity contribution >= 4 is 11.7 Å². The maximum absolute atomic E-state index is 12.2. The lowest BCUT2D eigenvalue weighted by molar-refractivity contribution is 0.0841. The predicted molar refractivity (Wildman–Crippen MR) is 97.0 cm³/mol. The van der Waals surface area contributed by atoms with Gasteiger partial charge in [0.15, 0.2) is 11.5 Å². The largest absolute Gasteiger partial charge is 0.382 e. The Bertz CT molecular complexity index is 708. The molecule has 0 radical (unpaired) electrons. The molecule has 1 aromatic heterocycles. The molecule has 25 heavy (non-hydrogen) atoms. The number of anilines is 1. The van der Waals surface area contributed by atoms with Crippen molar-refractivity contribution < 1.29 is 4.79 Å². The van der Waals surface area contributed by atoms with E-state index in [0.717, 1.165) is 26.2 Å². The number of aromatic nitrogens is 2. The van der Waals surface area contributed by atoms with E-state index in [0.29, 0.717) is 12.6 Å².